The van der Waals surface area contributed by atoms with Crippen LogP contribution in [-0.4, -0.2) is 25.9 Å². The van der Waals surface area contributed by atoms with Crippen LogP contribution in [-0.2, 0) is 14.1 Å². The zero-order valence-corrected chi connectivity index (χ0v) is 14.9. The van der Waals surface area contributed by atoms with Gasteiger partial charge in [0.2, 0.25) is 5.75 Å². The molecule has 0 bridgehead atoms. The van der Waals surface area contributed by atoms with Gasteiger partial charge in [0, 0.05) is 6.07 Å². The largest absolute Gasteiger partial charge is 0.498 e. The molecule has 1 aromatic heterocycles. The van der Waals surface area contributed by atoms with E-state index in [-0.39, 0.29) is 5.69 Å². The summed E-state index contributed by atoms with van der Waals surface area (Å²) in [5, 5.41) is 0. The van der Waals surface area contributed by atoms with E-state index in [2.05, 4.69) is 0 Å². The fourth-order valence-corrected chi connectivity index (χ4v) is 2.43. The molecule has 24 heavy (non-hydrogen) atoms. The third kappa shape index (κ3) is 3.27. The average molecular weight is 331 g/mol. The van der Waals surface area contributed by atoms with Crippen LogP contribution in [0.15, 0.2) is 23.0 Å². The van der Waals surface area contributed by atoms with E-state index in [0.29, 0.717) is 17.2 Å². The van der Waals surface area contributed by atoms with Gasteiger partial charge in [-0.3, -0.25) is 0 Å². The van der Waals surface area contributed by atoms with Gasteiger partial charge in [-0.1, -0.05) is 6.08 Å². The zero-order valence-electron chi connectivity index (χ0n) is 14.9. The second kappa shape index (κ2) is 7.21. The van der Waals surface area contributed by atoms with Crippen LogP contribution in [0.4, 0.5) is 0 Å². The van der Waals surface area contributed by atoms with Crippen LogP contribution in [0, 0.1) is 6.92 Å². The summed E-state index contributed by atoms with van der Waals surface area (Å²) in [7, 11) is 8.23. The number of rotatable bonds is 5. The van der Waals surface area contributed by atoms with Crippen molar-refractivity contribution in [3.63, 3.8) is 0 Å². The molecule has 0 aliphatic carbocycles. The SMILES string of the molecule is COc1cc(/C=C/c2cc(C)n(C)c(=O)[n+]2C)cc(OC)c1OC. The van der Waals surface area contributed by atoms with Crippen LogP contribution in [0.1, 0.15) is 17.0 Å². The minimum Gasteiger partial charge on any atom is -0.493 e. The van der Waals surface area contributed by atoms with Crippen molar-refractivity contribution >= 4 is 12.2 Å². The van der Waals surface area contributed by atoms with Crippen LogP contribution in [0.2, 0.25) is 0 Å². The first-order valence-corrected chi connectivity index (χ1v) is 7.47. The molecule has 1 aromatic carbocycles. The van der Waals surface area contributed by atoms with Crippen LogP contribution in [0.25, 0.3) is 12.2 Å². The van der Waals surface area contributed by atoms with Gasteiger partial charge in [-0.05, 0) is 30.7 Å². The maximum Gasteiger partial charge on any atom is 0.498 e. The lowest BCUT2D eigenvalue weighted by molar-refractivity contribution is -0.692. The van der Waals surface area contributed by atoms with Crippen molar-refractivity contribution in [2.24, 2.45) is 14.1 Å². The third-order valence-electron chi connectivity index (χ3n) is 3.98. The van der Waals surface area contributed by atoms with Crippen molar-refractivity contribution in [1.29, 1.82) is 0 Å². The Morgan fingerprint density at radius 1 is 1.00 bits per heavy atom. The number of aromatic nitrogens is 2. The Bertz CT molecular complexity index is 813. The Morgan fingerprint density at radius 3 is 2.08 bits per heavy atom. The van der Waals surface area contributed by atoms with Gasteiger partial charge in [-0.2, -0.15) is 13.9 Å². The first kappa shape index (κ1) is 17.6. The molecular weight excluding hydrogens is 308 g/mol. The lowest BCUT2D eigenvalue weighted by atomic mass is 10.1. The molecule has 0 saturated heterocycles. The Balaban J connectivity index is 2.49. The van der Waals surface area contributed by atoms with Crippen LogP contribution >= 0.6 is 0 Å². The van der Waals surface area contributed by atoms with E-state index in [1.54, 1.807) is 44.6 Å². The monoisotopic (exact) mass is 331 g/mol. The van der Waals surface area contributed by atoms with Gasteiger partial charge in [0.1, 0.15) is 11.4 Å². The minimum absolute atomic E-state index is 0.0699. The smallest absolute Gasteiger partial charge is 0.493 e. The van der Waals surface area contributed by atoms with Crippen molar-refractivity contribution in [3.05, 3.63) is 45.6 Å². The quantitative estimate of drug-likeness (QED) is 0.783. The summed E-state index contributed by atoms with van der Waals surface area (Å²) in [6.45, 7) is 1.90. The van der Waals surface area contributed by atoms with E-state index in [1.165, 1.54) is 0 Å². The number of hydrogen-bond donors (Lipinski definition) is 0. The van der Waals surface area contributed by atoms with Gasteiger partial charge in [-0.25, -0.2) is 0 Å². The average Bonchev–Trinajstić information content (AvgIpc) is 2.60. The van der Waals surface area contributed by atoms with E-state index < -0.39 is 0 Å². The molecule has 0 fully saturated rings. The molecule has 0 saturated carbocycles. The number of methoxy groups -OCH3 is 3. The molecular formula is C18H23N2O4+. The fourth-order valence-electron chi connectivity index (χ4n) is 2.43. The number of benzene rings is 1. The third-order valence-corrected chi connectivity index (χ3v) is 3.98. The number of nitrogens with zero attached hydrogens (tertiary/aromatic N) is 2. The van der Waals surface area contributed by atoms with Gasteiger partial charge in [-0.15, -0.1) is 0 Å². The molecule has 0 aliphatic rings. The molecule has 128 valence electrons. The summed E-state index contributed by atoms with van der Waals surface area (Å²) in [5.41, 5.74) is 2.51. The first-order chi connectivity index (χ1) is 11.4. The highest BCUT2D eigenvalue weighted by atomic mass is 16.5. The predicted octanol–water partition coefficient (Wildman–Crippen LogP) is 1.71. The lowest BCUT2D eigenvalue weighted by Gasteiger charge is -2.12. The van der Waals surface area contributed by atoms with E-state index >= 15 is 0 Å². The zero-order chi connectivity index (χ0) is 17.9. The maximum atomic E-state index is 12.1. The minimum atomic E-state index is -0.0699. The lowest BCUT2D eigenvalue weighted by Crippen LogP contribution is -2.53. The van der Waals surface area contributed by atoms with Crippen molar-refractivity contribution in [1.82, 2.24) is 4.57 Å². The Hall–Kier alpha value is -2.76. The van der Waals surface area contributed by atoms with Crippen molar-refractivity contribution in [2.45, 2.75) is 6.92 Å². The highest BCUT2D eigenvalue weighted by Gasteiger charge is 2.13. The van der Waals surface area contributed by atoms with E-state index in [0.717, 1.165) is 17.0 Å². The molecule has 0 amide bonds. The second-order valence-corrected chi connectivity index (χ2v) is 5.40. The molecule has 1 heterocycles. The number of aryl methyl sites for hydroxylation is 1. The maximum absolute atomic E-state index is 12.1. The number of ether oxygens (including phenoxy) is 3. The van der Waals surface area contributed by atoms with Gasteiger partial charge < -0.3 is 14.2 Å². The fraction of sp³-hybridized carbons (Fsp3) is 0.333. The number of hydrogen-bond acceptors (Lipinski definition) is 4. The summed E-state index contributed by atoms with van der Waals surface area (Å²) in [6.07, 6.45) is 3.79. The second-order valence-electron chi connectivity index (χ2n) is 5.40. The van der Waals surface area contributed by atoms with Gasteiger partial charge in [0.15, 0.2) is 11.5 Å². The van der Waals surface area contributed by atoms with Gasteiger partial charge >= 0.3 is 5.69 Å². The molecule has 6 heteroatoms. The molecule has 0 unspecified atom stereocenters. The predicted molar refractivity (Wildman–Crippen MR) is 92.6 cm³/mol. The Labute approximate surface area is 141 Å². The normalized spacial score (nSPS) is 10.9. The van der Waals surface area contributed by atoms with Crippen LogP contribution < -0.4 is 24.5 Å². The molecule has 0 aliphatic heterocycles. The molecule has 0 N–H and O–H groups in total. The molecule has 2 aromatic rings. The summed E-state index contributed by atoms with van der Waals surface area (Å²) >= 11 is 0. The topological polar surface area (TPSA) is 53.6 Å². The standard InChI is InChI=1S/C18H23N2O4/c1-12-9-14(20(3)18(21)19(12)2)8-7-13-10-15(22-4)17(24-6)16(11-13)23-5/h7-11H,1-6H3/q+1/b8-7+. The van der Waals surface area contributed by atoms with Gasteiger partial charge in [0.05, 0.1) is 35.4 Å². The summed E-state index contributed by atoms with van der Waals surface area (Å²) in [4.78, 5) is 12.1. The van der Waals surface area contributed by atoms with Crippen molar-refractivity contribution in [2.75, 3.05) is 21.3 Å². The Kier molecular flexibility index (Phi) is 5.28. The highest BCUT2D eigenvalue weighted by Crippen LogP contribution is 2.38. The summed E-state index contributed by atoms with van der Waals surface area (Å²) in [6, 6.07) is 5.66. The summed E-state index contributed by atoms with van der Waals surface area (Å²) < 4.78 is 19.2. The van der Waals surface area contributed by atoms with E-state index in [4.69, 9.17) is 14.2 Å². The molecule has 0 atom stereocenters. The van der Waals surface area contributed by atoms with E-state index in [1.807, 2.05) is 37.3 Å². The molecule has 0 radical (unpaired) electrons. The van der Waals surface area contributed by atoms with Crippen molar-refractivity contribution < 1.29 is 18.8 Å². The van der Waals surface area contributed by atoms with Gasteiger partial charge in [0.25, 0.3) is 0 Å². The van der Waals surface area contributed by atoms with Crippen LogP contribution in [0.3, 0.4) is 0 Å². The van der Waals surface area contributed by atoms with E-state index in [9.17, 15) is 4.79 Å². The highest BCUT2D eigenvalue weighted by molar-refractivity contribution is 5.71. The summed E-state index contributed by atoms with van der Waals surface area (Å²) in [5.74, 6) is 1.72. The van der Waals surface area contributed by atoms with Crippen molar-refractivity contribution in [3.8, 4) is 17.2 Å². The first-order valence-electron chi connectivity index (χ1n) is 7.47. The molecule has 6 nitrogen and oxygen atoms in total. The Morgan fingerprint density at radius 2 is 1.58 bits per heavy atom. The molecule has 2 rings (SSSR count). The van der Waals surface area contributed by atoms with Crippen LogP contribution in [0.5, 0.6) is 17.2 Å². The molecule has 0 spiro atoms.